The van der Waals surface area contributed by atoms with Gasteiger partial charge in [-0.1, -0.05) is 0 Å². The first-order valence-electron chi connectivity index (χ1n) is 8.86. The second-order valence-electron chi connectivity index (χ2n) is 6.45. The number of hydrogen-bond acceptors (Lipinski definition) is 3. The summed E-state index contributed by atoms with van der Waals surface area (Å²) >= 11 is 0. The van der Waals surface area contributed by atoms with Crippen LogP contribution in [-0.2, 0) is 13.5 Å². The summed E-state index contributed by atoms with van der Waals surface area (Å²) in [5, 5.41) is 10.9. The van der Waals surface area contributed by atoms with E-state index in [-0.39, 0.29) is 11.8 Å². The summed E-state index contributed by atoms with van der Waals surface area (Å²) in [7, 11) is 3.64. The molecule has 1 atom stereocenters. The number of hydrogen-bond donors (Lipinski definition) is 2. The van der Waals surface area contributed by atoms with Crippen LogP contribution < -0.4 is 15.4 Å². The van der Waals surface area contributed by atoms with Gasteiger partial charge in [0.15, 0.2) is 17.6 Å². The van der Waals surface area contributed by atoms with Gasteiger partial charge in [0.05, 0.1) is 12.2 Å². The molecular weight excluding hydrogens is 352 g/mol. The summed E-state index contributed by atoms with van der Waals surface area (Å²) in [6, 6.07) is 3.63. The number of guanidine groups is 1. The van der Waals surface area contributed by atoms with E-state index in [0.29, 0.717) is 19.1 Å². The Kier molecular flexibility index (Phi) is 7.15. The van der Waals surface area contributed by atoms with E-state index < -0.39 is 11.6 Å². The molecular formula is C19H27F2N5O. The average Bonchev–Trinajstić information content (AvgIpc) is 2.86. The van der Waals surface area contributed by atoms with E-state index in [9.17, 15) is 8.78 Å². The molecule has 1 heterocycles. The van der Waals surface area contributed by atoms with Crippen molar-refractivity contribution < 1.29 is 13.5 Å². The Morgan fingerprint density at radius 1 is 1.30 bits per heavy atom. The molecule has 27 heavy (non-hydrogen) atoms. The van der Waals surface area contributed by atoms with Gasteiger partial charge in [-0.3, -0.25) is 9.67 Å². The van der Waals surface area contributed by atoms with Gasteiger partial charge in [0.2, 0.25) is 0 Å². The van der Waals surface area contributed by atoms with Crippen molar-refractivity contribution in [2.24, 2.45) is 12.0 Å². The minimum absolute atomic E-state index is 0.157. The monoisotopic (exact) mass is 379 g/mol. The van der Waals surface area contributed by atoms with Crippen LogP contribution >= 0.6 is 0 Å². The number of rotatable bonds is 7. The maximum Gasteiger partial charge on any atom is 0.191 e. The molecule has 0 saturated heterocycles. The third-order valence-electron chi connectivity index (χ3n) is 4.33. The van der Waals surface area contributed by atoms with Crippen LogP contribution in [0.2, 0.25) is 0 Å². The Bertz CT molecular complexity index is 804. The Balaban J connectivity index is 1.78. The van der Waals surface area contributed by atoms with Crippen molar-refractivity contribution in [1.29, 1.82) is 0 Å². The van der Waals surface area contributed by atoms with Gasteiger partial charge in [-0.15, -0.1) is 0 Å². The first-order valence-corrected chi connectivity index (χ1v) is 8.86. The van der Waals surface area contributed by atoms with Crippen molar-refractivity contribution in [1.82, 2.24) is 20.4 Å². The summed E-state index contributed by atoms with van der Waals surface area (Å²) in [6.07, 6.45) is 0.831. The van der Waals surface area contributed by atoms with Crippen LogP contribution in [0.3, 0.4) is 0 Å². The van der Waals surface area contributed by atoms with Crippen LogP contribution in [0.15, 0.2) is 23.2 Å². The minimum atomic E-state index is -0.923. The van der Waals surface area contributed by atoms with Crippen molar-refractivity contribution >= 4 is 5.96 Å². The molecule has 1 aromatic carbocycles. The summed E-state index contributed by atoms with van der Waals surface area (Å²) < 4.78 is 33.3. The molecule has 1 aromatic heterocycles. The number of ether oxygens (including phenoxy) is 1. The third-order valence-corrected chi connectivity index (χ3v) is 4.33. The van der Waals surface area contributed by atoms with Crippen molar-refractivity contribution in [3.8, 4) is 5.75 Å². The van der Waals surface area contributed by atoms with E-state index in [4.69, 9.17) is 4.74 Å². The lowest BCUT2D eigenvalue weighted by Crippen LogP contribution is -2.44. The van der Waals surface area contributed by atoms with E-state index in [1.54, 1.807) is 7.05 Å². The average molecular weight is 379 g/mol. The number of aromatic nitrogens is 2. The molecule has 0 aliphatic carbocycles. The molecule has 0 radical (unpaired) electrons. The Labute approximate surface area is 158 Å². The molecule has 2 aromatic rings. The maximum absolute atomic E-state index is 13.1. The highest BCUT2D eigenvalue weighted by Crippen LogP contribution is 2.15. The standard InChI is InChI=1S/C19H27F2N5O/c1-12(10-16-13(2)25-26(5)14(16)3)24-19(22-4)23-8-9-27-15-6-7-17(20)18(21)11-15/h6-7,11-12H,8-10H2,1-5H3,(H2,22,23,24). The fourth-order valence-electron chi connectivity index (χ4n) is 2.80. The number of halogens is 2. The normalized spacial score (nSPS) is 12.8. The van der Waals surface area contributed by atoms with Gasteiger partial charge in [0.25, 0.3) is 0 Å². The van der Waals surface area contributed by atoms with E-state index >= 15 is 0 Å². The molecule has 2 N–H and O–H groups in total. The van der Waals surface area contributed by atoms with Crippen LogP contribution in [0.25, 0.3) is 0 Å². The van der Waals surface area contributed by atoms with Gasteiger partial charge in [-0.2, -0.15) is 5.10 Å². The van der Waals surface area contributed by atoms with Crippen molar-refractivity contribution in [3.63, 3.8) is 0 Å². The molecule has 2 rings (SSSR count). The van der Waals surface area contributed by atoms with E-state index in [0.717, 1.165) is 29.9 Å². The number of aliphatic imine (C=N–C) groups is 1. The van der Waals surface area contributed by atoms with Crippen LogP contribution in [0.5, 0.6) is 5.75 Å². The van der Waals surface area contributed by atoms with Crippen LogP contribution in [0.1, 0.15) is 23.9 Å². The zero-order valence-electron chi connectivity index (χ0n) is 16.4. The lowest BCUT2D eigenvalue weighted by molar-refractivity contribution is 0.318. The lowest BCUT2D eigenvalue weighted by atomic mass is 10.1. The number of nitrogens with one attached hydrogen (secondary N) is 2. The van der Waals surface area contributed by atoms with Crippen LogP contribution in [0.4, 0.5) is 8.78 Å². The predicted octanol–water partition coefficient (Wildman–Crippen LogP) is 2.49. The van der Waals surface area contributed by atoms with Crippen molar-refractivity contribution in [2.75, 3.05) is 20.2 Å². The molecule has 8 heteroatoms. The van der Waals surface area contributed by atoms with E-state index in [2.05, 4.69) is 34.6 Å². The fraction of sp³-hybridized carbons (Fsp3) is 0.474. The summed E-state index contributed by atoms with van der Waals surface area (Å²) in [6.45, 7) is 6.91. The summed E-state index contributed by atoms with van der Waals surface area (Å²) in [5.74, 6) is -0.879. The molecule has 1 unspecified atom stereocenters. The topological polar surface area (TPSA) is 63.5 Å². The second-order valence-corrected chi connectivity index (χ2v) is 6.45. The molecule has 0 spiro atoms. The molecule has 0 aliphatic rings. The SMILES string of the molecule is CN=C(NCCOc1ccc(F)c(F)c1)NC(C)Cc1c(C)nn(C)c1C. The Morgan fingerprint density at radius 3 is 2.63 bits per heavy atom. The summed E-state index contributed by atoms with van der Waals surface area (Å²) in [5.41, 5.74) is 3.42. The van der Waals surface area contributed by atoms with Crippen LogP contribution in [-0.4, -0.2) is 42.0 Å². The third kappa shape index (κ3) is 5.67. The molecule has 148 valence electrons. The highest BCUT2D eigenvalue weighted by Gasteiger charge is 2.14. The molecule has 0 saturated carbocycles. The van der Waals surface area contributed by atoms with Gasteiger partial charge in [0.1, 0.15) is 12.4 Å². The van der Waals surface area contributed by atoms with E-state index in [1.807, 2.05) is 18.7 Å². The highest BCUT2D eigenvalue weighted by atomic mass is 19.2. The summed E-state index contributed by atoms with van der Waals surface area (Å²) in [4.78, 5) is 4.20. The van der Waals surface area contributed by atoms with Gasteiger partial charge >= 0.3 is 0 Å². The van der Waals surface area contributed by atoms with Crippen LogP contribution in [0, 0.1) is 25.5 Å². The van der Waals surface area contributed by atoms with E-state index in [1.165, 1.54) is 11.6 Å². The highest BCUT2D eigenvalue weighted by molar-refractivity contribution is 5.79. The zero-order chi connectivity index (χ0) is 20.0. The zero-order valence-corrected chi connectivity index (χ0v) is 16.4. The van der Waals surface area contributed by atoms with Gasteiger partial charge < -0.3 is 15.4 Å². The quantitative estimate of drug-likeness (QED) is 0.441. The molecule has 0 bridgehead atoms. The van der Waals surface area contributed by atoms with Gasteiger partial charge in [-0.05, 0) is 44.9 Å². The molecule has 0 fully saturated rings. The van der Waals surface area contributed by atoms with Gasteiger partial charge in [0, 0.05) is 31.9 Å². The molecule has 6 nitrogen and oxygen atoms in total. The van der Waals surface area contributed by atoms with Crippen molar-refractivity contribution in [2.45, 2.75) is 33.2 Å². The molecule has 0 aliphatic heterocycles. The number of aryl methyl sites for hydroxylation is 2. The Hall–Kier alpha value is -2.64. The fourth-order valence-corrected chi connectivity index (χ4v) is 2.80. The maximum atomic E-state index is 13.1. The first kappa shape index (κ1) is 20.7. The first-order chi connectivity index (χ1) is 12.8. The Morgan fingerprint density at radius 2 is 2.04 bits per heavy atom. The largest absolute Gasteiger partial charge is 0.492 e. The number of nitrogens with zero attached hydrogens (tertiary/aromatic N) is 3. The number of benzene rings is 1. The smallest absolute Gasteiger partial charge is 0.191 e. The molecule has 0 amide bonds. The minimum Gasteiger partial charge on any atom is -0.492 e. The van der Waals surface area contributed by atoms with Gasteiger partial charge in [-0.25, -0.2) is 8.78 Å². The van der Waals surface area contributed by atoms with Crippen molar-refractivity contribution in [3.05, 3.63) is 46.8 Å². The lowest BCUT2D eigenvalue weighted by Gasteiger charge is -2.18. The second kappa shape index (κ2) is 9.34. The predicted molar refractivity (Wildman–Crippen MR) is 102 cm³/mol.